The molecule has 2 N–H and O–H groups in total. The van der Waals surface area contributed by atoms with Crippen molar-refractivity contribution in [2.75, 3.05) is 6.61 Å². The summed E-state index contributed by atoms with van der Waals surface area (Å²) in [5.41, 5.74) is 3.12. The van der Waals surface area contributed by atoms with Crippen molar-refractivity contribution in [3.8, 4) is 11.5 Å². The molecule has 0 radical (unpaired) electrons. The highest BCUT2D eigenvalue weighted by molar-refractivity contribution is 6.36. The molecule has 0 aliphatic carbocycles. The molecule has 2 aromatic rings. The topological polar surface area (TPSA) is 70.9 Å². The minimum absolute atomic E-state index is 0.110. The van der Waals surface area contributed by atoms with Crippen LogP contribution >= 0.6 is 23.2 Å². The van der Waals surface area contributed by atoms with E-state index >= 15 is 0 Å². The van der Waals surface area contributed by atoms with E-state index in [0.29, 0.717) is 34.4 Å². The summed E-state index contributed by atoms with van der Waals surface area (Å²) in [6.07, 6.45) is 2.24. The quantitative estimate of drug-likeness (QED) is 0.518. The minimum atomic E-state index is -0.386. The van der Waals surface area contributed by atoms with Gasteiger partial charge in [0.2, 0.25) is 0 Å². The molecule has 0 atom stereocenters. The van der Waals surface area contributed by atoms with Gasteiger partial charge in [-0.15, -0.1) is 0 Å². The molecule has 26 heavy (non-hydrogen) atoms. The van der Waals surface area contributed by atoms with Gasteiger partial charge in [-0.1, -0.05) is 37.0 Å². The minimum Gasteiger partial charge on any atom is -0.506 e. The molecule has 0 saturated heterocycles. The molecule has 7 heteroatoms. The number of aromatic hydroxyl groups is 1. The van der Waals surface area contributed by atoms with Crippen molar-refractivity contribution in [1.82, 2.24) is 5.43 Å². The number of hydrogen-bond acceptors (Lipinski definition) is 4. The van der Waals surface area contributed by atoms with Crippen LogP contribution < -0.4 is 10.2 Å². The smallest absolute Gasteiger partial charge is 0.271 e. The molecule has 0 fully saturated rings. The normalized spacial score (nSPS) is 11.1. The number of hydrogen-bond donors (Lipinski definition) is 2. The van der Waals surface area contributed by atoms with Crippen LogP contribution in [0.4, 0.5) is 0 Å². The van der Waals surface area contributed by atoms with Gasteiger partial charge in [0.05, 0.1) is 17.8 Å². The first-order valence-corrected chi connectivity index (χ1v) is 8.86. The zero-order chi connectivity index (χ0) is 19.1. The van der Waals surface area contributed by atoms with Crippen LogP contribution in [0.5, 0.6) is 11.5 Å². The predicted molar refractivity (Wildman–Crippen MR) is 105 cm³/mol. The van der Waals surface area contributed by atoms with Crippen molar-refractivity contribution >= 4 is 35.3 Å². The number of amides is 1. The van der Waals surface area contributed by atoms with E-state index in [9.17, 15) is 9.90 Å². The first kappa shape index (κ1) is 20.1. The molecule has 0 aliphatic rings. The molecule has 0 saturated carbocycles. The Hall–Kier alpha value is -2.24. The van der Waals surface area contributed by atoms with Crippen LogP contribution in [-0.2, 0) is 0 Å². The number of rotatable bonds is 7. The third kappa shape index (κ3) is 5.93. The van der Waals surface area contributed by atoms with E-state index in [-0.39, 0.29) is 16.7 Å². The number of halogens is 2. The Labute approximate surface area is 162 Å². The molecule has 0 aromatic heterocycles. The molecule has 0 spiro atoms. The molecule has 0 heterocycles. The number of nitrogens with zero attached hydrogens (tertiary/aromatic N) is 1. The summed E-state index contributed by atoms with van der Waals surface area (Å²) in [5, 5.41) is 14.1. The third-order valence-electron chi connectivity index (χ3n) is 3.51. The number of hydrazone groups is 1. The maximum atomic E-state index is 12.1. The lowest BCUT2D eigenvalue weighted by atomic mass is 10.1. The number of phenolic OH excluding ortho intramolecular Hbond substituents is 1. The summed E-state index contributed by atoms with van der Waals surface area (Å²) in [4.78, 5) is 12.1. The standard InChI is InChI=1S/C19H20Cl2N2O3/c1-12(2)7-8-26-16-5-3-13(4-6-16)19(25)23-22-11-14-9-15(20)10-17(21)18(14)24/h3-6,9-12,24H,7-8H2,1-2H3,(H,23,25)/b22-11+. The molecule has 5 nitrogen and oxygen atoms in total. The summed E-state index contributed by atoms with van der Waals surface area (Å²) in [7, 11) is 0. The number of carbonyl (C=O) groups is 1. The van der Waals surface area contributed by atoms with Gasteiger partial charge in [0.15, 0.2) is 0 Å². The first-order valence-electron chi connectivity index (χ1n) is 8.11. The van der Waals surface area contributed by atoms with Gasteiger partial charge in [0, 0.05) is 16.1 Å². The largest absolute Gasteiger partial charge is 0.506 e. The lowest BCUT2D eigenvalue weighted by molar-refractivity contribution is 0.0955. The Morgan fingerprint density at radius 3 is 2.62 bits per heavy atom. The lowest BCUT2D eigenvalue weighted by Crippen LogP contribution is -2.17. The average Bonchev–Trinajstić information content (AvgIpc) is 2.59. The molecule has 0 bridgehead atoms. The second-order valence-corrected chi connectivity index (χ2v) is 6.92. The summed E-state index contributed by atoms with van der Waals surface area (Å²) < 4.78 is 5.61. The number of phenols is 1. The monoisotopic (exact) mass is 394 g/mol. The van der Waals surface area contributed by atoms with Gasteiger partial charge < -0.3 is 9.84 Å². The number of benzene rings is 2. The zero-order valence-corrected chi connectivity index (χ0v) is 16.0. The van der Waals surface area contributed by atoms with E-state index in [4.69, 9.17) is 27.9 Å². The maximum Gasteiger partial charge on any atom is 0.271 e. The van der Waals surface area contributed by atoms with Crippen molar-refractivity contribution in [1.29, 1.82) is 0 Å². The highest BCUT2D eigenvalue weighted by Gasteiger charge is 2.07. The second kappa shape index (κ2) is 9.46. The first-order chi connectivity index (χ1) is 12.4. The van der Waals surface area contributed by atoms with E-state index in [2.05, 4.69) is 24.4 Å². The van der Waals surface area contributed by atoms with E-state index in [0.717, 1.165) is 6.42 Å². The van der Waals surface area contributed by atoms with Crippen molar-refractivity contribution in [2.45, 2.75) is 20.3 Å². The van der Waals surface area contributed by atoms with Crippen molar-refractivity contribution in [3.05, 3.63) is 57.6 Å². The van der Waals surface area contributed by atoms with Crippen LogP contribution in [-0.4, -0.2) is 23.8 Å². The third-order valence-corrected chi connectivity index (χ3v) is 4.01. The van der Waals surface area contributed by atoms with Gasteiger partial charge in [-0.25, -0.2) is 5.43 Å². The van der Waals surface area contributed by atoms with E-state index in [1.165, 1.54) is 18.3 Å². The Morgan fingerprint density at radius 2 is 1.96 bits per heavy atom. The number of nitrogens with one attached hydrogen (secondary N) is 1. The molecular weight excluding hydrogens is 375 g/mol. The van der Waals surface area contributed by atoms with E-state index < -0.39 is 0 Å². The van der Waals surface area contributed by atoms with Crippen LogP contribution in [0.15, 0.2) is 41.5 Å². The highest BCUT2D eigenvalue weighted by atomic mass is 35.5. The Balaban J connectivity index is 1.93. The predicted octanol–water partition coefficient (Wildman–Crippen LogP) is 4.89. The summed E-state index contributed by atoms with van der Waals surface area (Å²) in [5.74, 6) is 0.746. The molecule has 1 amide bonds. The fourth-order valence-corrected chi connectivity index (χ4v) is 2.53. The van der Waals surface area contributed by atoms with Gasteiger partial charge in [0.25, 0.3) is 5.91 Å². The second-order valence-electron chi connectivity index (χ2n) is 6.08. The number of ether oxygens (including phenoxy) is 1. The fraction of sp³-hybridized carbons (Fsp3) is 0.263. The molecule has 2 aromatic carbocycles. The van der Waals surface area contributed by atoms with E-state index in [1.807, 2.05) is 0 Å². The molecule has 0 unspecified atom stereocenters. The number of carbonyl (C=O) groups excluding carboxylic acids is 1. The Kier molecular flexibility index (Phi) is 7.30. The van der Waals surface area contributed by atoms with Gasteiger partial charge in [0.1, 0.15) is 11.5 Å². The van der Waals surface area contributed by atoms with Crippen molar-refractivity contribution in [3.63, 3.8) is 0 Å². The Morgan fingerprint density at radius 1 is 1.27 bits per heavy atom. The highest BCUT2D eigenvalue weighted by Crippen LogP contribution is 2.29. The van der Waals surface area contributed by atoms with E-state index in [1.54, 1.807) is 24.3 Å². The van der Waals surface area contributed by atoms with Crippen LogP contribution in [0.25, 0.3) is 0 Å². The fourth-order valence-electron chi connectivity index (χ4n) is 2.02. The SMILES string of the molecule is CC(C)CCOc1ccc(C(=O)N/N=C/c2cc(Cl)cc(Cl)c2O)cc1. The van der Waals surface area contributed by atoms with Gasteiger partial charge in [-0.05, 0) is 48.7 Å². The molecule has 138 valence electrons. The Bertz CT molecular complexity index is 790. The lowest BCUT2D eigenvalue weighted by Gasteiger charge is -2.08. The van der Waals surface area contributed by atoms with Crippen molar-refractivity contribution in [2.24, 2.45) is 11.0 Å². The molecular formula is C19H20Cl2N2O3. The van der Waals surface area contributed by atoms with Gasteiger partial charge in [-0.3, -0.25) is 4.79 Å². The van der Waals surface area contributed by atoms with Crippen LogP contribution in [0.2, 0.25) is 10.0 Å². The van der Waals surface area contributed by atoms with Crippen LogP contribution in [0.3, 0.4) is 0 Å². The average molecular weight is 395 g/mol. The van der Waals surface area contributed by atoms with Crippen LogP contribution in [0.1, 0.15) is 36.2 Å². The van der Waals surface area contributed by atoms with Gasteiger partial charge >= 0.3 is 0 Å². The summed E-state index contributed by atoms with van der Waals surface area (Å²) in [6.45, 7) is 4.90. The summed E-state index contributed by atoms with van der Waals surface area (Å²) >= 11 is 11.7. The molecule has 0 aliphatic heterocycles. The van der Waals surface area contributed by atoms with Crippen molar-refractivity contribution < 1.29 is 14.6 Å². The molecule has 2 rings (SSSR count). The zero-order valence-electron chi connectivity index (χ0n) is 14.5. The van der Waals surface area contributed by atoms with Crippen LogP contribution in [0, 0.1) is 5.92 Å². The van der Waals surface area contributed by atoms with Gasteiger partial charge in [-0.2, -0.15) is 5.10 Å². The maximum absolute atomic E-state index is 12.1. The summed E-state index contributed by atoms with van der Waals surface area (Å²) in [6, 6.07) is 9.69.